The molecule has 0 amide bonds. The van der Waals surface area contributed by atoms with Gasteiger partial charge < -0.3 is 0 Å². The normalized spacial score (nSPS) is 13.5. The summed E-state index contributed by atoms with van der Waals surface area (Å²) < 4.78 is 0. The number of benzene rings is 1. The topological polar surface area (TPSA) is 0 Å². The molecular weight excluding hydrogens is 144 g/mol. The highest BCUT2D eigenvalue weighted by Gasteiger charge is 2.08. The molecule has 0 aromatic heterocycles. The van der Waals surface area contributed by atoms with E-state index in [1.807, 2.05) is 0 Å². The molecular formula is C12H14. The second-order valence-electron chi connectivity index (χ2n) is 3.46. The summed E-state index contributed by atoms with van der Waals surface area (Å²) in [7, 11) is 0. The first-order valence-electron chi connectivity index (χ1n) is 4.60. The summed E-state index contributed by atoms with van der Waals surface area (Å²) in [4.78, 5) is 0. The minimum absolute atomic E-state index is 1.13. The molecule has 1 aromatic rings. The first-order chi connectivity index (χ1) is 5.81. The average Bonchev–Trinajstić information content (AvgIpc) is 2.50. The van der Waals surface area contributed by atoms with Crippen molar-refractivity contribution in [3.63, 3.8) is 0 Å². The van der Waals surface area contributed by atoms with E-state index < -0.39 is 0 Å². The van der Waals surface area contributed by atoms with Crippen LogP contribution >= 0.6 is 0 Å². The molecule has 62 valence electrons. The molecule has 1 aromatic carbocycles. The largest absolute Gasteiger partial charge is 0.0795 e. The van der Waals surface area contributed by atoms with Gasteiger partial charge >= 0.3 is 0 Å². The van der Waals surface area contributed by atoms with Gasteiger partial charge in [0.1, 0.15) is 0 Å². The van der Waals surface area contributed by atoms with E-state index >= 15 is 0 Å². The minimum Gasteiger partial charge on any atom is -0.0795 e. The van der Waals surface area contributed by atoms with Gasteiger partial charge in [-0.2, -0.15) is 0 Å². The van der Waals surface area contributed by atoms with Crippen LogP contribution in [0.1, 0.15) is 29.2 Å². The van der Waals surface area contributed by atoms with Crippen LogP contribution in [0.2, 0.25) is 0 Å². The molecule has 0 heterocycles. The van der Waals surface area contributed by atoms with Gasteiger partial charge in [-0.25, -0.2) is 0 Å². The van der Waals surface area contributed by atoms with Gasteiger partial charge in [-0.05, 0) is 36.5 Å². The van der Waals surface area contributed by atoms with Crippen molar-refractivity contribution in [3.8, 4) is 0 Å². The van der Waals surface area contributed by atoms with Crippen molar-refractivity contribution in [1.82, 2.24) is 0 Å². The predicted molar refractivity (Wildman–Crippen MR) is 53.3 cm³/mol. The van der Waals surface area contributed by atoms with Gasteiger partial charge in [0, 0.05) is 0 Å². The fourth-order valence-corrected chi connectivity index (χ4v) is 1.93. The first-order valence-corrected chi connectivity index (χ1v) is 4.60. The lowest BCUT2D eigenvalue weighted by molar-refractivity contribution is 1.11. The number of hydrogen-bond donors (Lipinski definition) is 0. The van der Waals surface area contributed by atoms with Gasteiger partial charge in [-0.1, -0.05) is 36.8 Å². The molecule has 0 fully saturated rings. The molecule has 0 heteroatoms. The molecule has 0 bridgehead atoms. The molecule has 0 radical (unpaired) electrons. The minimum atomic E-state index is 1.13. The van der Waals surface area contributed by atoms with Crippen molar-refractivity contribution in [1.29, 1.82) is 0 Å². The van der Waals surface area contributed by atoms with E-state index in [4.69, 9.17) is 0 Å². The van der Waals surface area contributed by atoms with E-state index in [1.165, 1.54) is 22.3 Å². The Morgan fingerprint density at radius 1 is 1.33 bits per heavy atom. The maximum atomic E-state index is 2.30. The lowest BCUT2D eigenvalue weighted by Gasteiger charge is -2.06. The van der Waals surface area contributed by atoms with E-state index in [-0.39, 0.29) is 0 Å². The summed E-state index contributed by atoms with van der Waals surface area (Å²) >= 11 is 0. The van der Waals surface area contributed by atoms with E-state index in [9.17, 15) is 0 Å². The van der Waals surface area contributed by atoms with Crippen LogP contribution in [0.15, 0.2) is 18.2 Å². The Morgan fingerprint density at radius 3 is 2.92 bits per heavy atom. The van der Waals surface area contributed by atoms with E-state index in [1.54, 1.807) is 0 Å². The molecule has 0 spiro atoms. The monoisotopic (exact) mass is 158 g/mol. The molecule has 0 aliphatic heterocycles. The molecule has 0 N–H and O–H groups in total. The molecule has 0 nitrogen and oxygen atoms in total. The lowest BCUT2D eigenvalue weighted by atomic mass is 9.99. The Bertz CT molecular complexity index is 332. The molecule has 1 aliphatic carbocycles. The molecule has 0 unspecified atom stereocenters. The van der Waals surface area contributed by atoms with Crippen LogP contribution in [-0.2, 0) is 12.8 Å². The van der Waals surface area contributed by atoms with Crippen molar-refractivity contribution in [2.45, 2.75) is 26.7 Å². The predicted octanol–water partition coefficient (Wildman–Crippen LogP) is 3.13. The highest BCUT2D eigenvalue weighted by Crippen LogP contribution is 2.25. The maximum absolute atomic E-state index is 2.30. The Labute approximate surface area is 73.9 Å². The lowest BCUT2D eigenvalue weighted by Crippen LogP contribution is -1.91. The van der Waals surface area contributed by atoms with Gasteiger partial charge in [0.15, 0.2) is 0 Å². The van der Waals surface area contributed by atoms with Crippen molar-refractivity contribution >= 4 is 6.08 Å². The molecule has 2 rings (SSSR count). The maximum Gasteiger partial charge on any atom is -0.00880 e. The van der Waals surface area contributed by atoms with Crippen LogP contribution in [0.3, 0.4) is 0 Å². The first kappa shape index (κ1) is 7.60. The van der Waals surface area contributed by atoms with E-state index in [0.29, 0.717) is 0 Å². The second kappa shape index (κ2) is 2.78. The molecule has 0 saturated carbocycles. The smallest absolute Gasteiger partial charge is 0.00880 e. The molecule has 12 heavy (non-hydrogen) atoms. The van der Waals surface area contributed by atoms with Crippen LogP contribution in [0.25, 0.3) is 6.08 Å². The van der Waals surface area contributed by atoms with Gasteiger partial charge in [-0.3, -0.25) is 0 Å². The second-order valence-corrected chi connectivity index (χ2v) is 3.46. The standard InChI is InChI=1S/C12H14/c1-3-10-7-9(2)8-11-5-4-6-12(10)11/h4,6-8H,3,5H2,1-2H3. The zero-order valence-corrected chi connectivity index (χ0v) is 7.72. The summed E-state index contributed by atoms with van der Waals surface area (Å²) in [5.74, 6) is 0. The fraction of sp³-hybridized carbons (Fsp3) is 0.333. The van der Waals surface area contributed by atoms with E-state index in [2.05, 4.69) is 38.1 Å². The van der Waals surface area contributed by atoms with Crippen molar-refractivity contribution < 1.29 is 0 Å². The number of hydrogen-bond acceptors (Lipinski definition) is 0. The third-order valence-corrected chi connectivity index (χ3v) is 2.50. The summed E-state index contributed by atoms with van der Waals surface area (Å²) in [5, 5.41) is 0. The zero-order chi connectivity index (χ0) is 8.55. The van der Waals surface area contributed by atoms with Crippen LogP contribution in [0, 0.1) is 6.92 Å². The number of aryl methyl sites for hydroxylation is 2. The van der Waals surface area contributed by atoms with Crippen molar-refractivity contribution in [2.24, 2.45) is 0 Å². The highest BCUT2D eigenvalue weighted by molar-refractivity contribution is 5.64. The Morgan fingerprint density at radius 2 is 2.17 bits per heavy atom. The van der Waals surface area contributed by atoms with E-state index in [0.717, 1.165) is 12.8 Å². The quantitative estimate of drug-likeness (QED) is 0.589. The van der Waals surface area contributed by atoms with Gasteiger partial charge in [0.25, 0.3) is 0 Å². The zero-order valence-electron chi connectivity index (χ0n) is 7.72. The molecule has 0 saturated heterocycles. The summed E-state index contributed by atoms with van der Waals surface area (Å²) in [5.41, 5.74) is 5.88. The summed E-state index contributed by atoms with van der Waals surface area (Å²) in [6, 6.07) is 4.60. The van der Waals surface area contributed by atoms with Crippen molar-refractivity contribution in [2.75, 3.05) is 0 Å². The van der Waals surface area contributed by atoms with Gasteiger partial charge in [0.05, 0.1) is 0 Å². The molecule has 1 aliphatic rings. The Balaban J connectivity index is 2.60. The van der Waals surface area contributed by atoms with Crippen molar-refractivity contribution in [3.05, 3.63) is 40.5 Å². The molecule has 0 atom stereocenters. The third kappa shape index (κ3) is 1.08. The van der Waals surface area contributed by atoms with Crippen LogP contribution in [-0.4, -0.2) is 0 Å². The average molecular weight is 158 g/mol. The number of allylic oxidation sites excluding steroid dienone is 1. The van der Waals surface area contributed by atoms with Gasteiger partial charge in [-0.15, -0.1) is 0 Å². The third-order valence-electron chi connectivity index (χ3n) is 2.50. The summed E-state index contributed by atoms with van der Waals surface area (Å²) in [6.45, 7) is 4.40. The number of fused-ring (bicyclic) bond motifs is 1. The Kier molecular flexibility index (Phi) is 1.76. The van der Waals surface area contributed by atoms with Gasteiger partial charge in [0.2, 0.25) is 0 Å². The summed E-state index contributed by atoms with van der Waals surface area (Å²) in [6.07, 6.45) is 6.79. The van der Waals surface area contributed by atoms with Crippen LogP contribution in [0.5, 0.6) is 0 Å². The highest BCUT2D eigenvalue weighted by atomic mass is 14.1. The number of rotatable bonds is 1. The van der Waals surface area contributed by atoms with Crippen LogP contribution < -0.4 is 0 Å². The van der Waals surface area contributed by atoms with Crippen LogP contribution in [0.4, 0.5) is 0 Å². The SMILES string of the molecule is CCc1cc(C)cc2c1C=CC2. The Hall–Kier alpha value is -1.04. The fourth-order valence-electron chi connectivity index (χ4n) is 1.93.